The normalized spacial score (nSPS) is 30.3. The van der Waals surface area contributed by atoms with Crippen molar-refractivity contribution in [2.75, 3.05) is 13.1 Å². The Labute approximate surface area is 95.5 Å². The minimum atomic E-state index is -0.770. The molecule has 88 valence electrons. The molecule has 0 amide bonds. The highest BCUT2D eigenvalue weighted by atomic mass is 19.1. The number of benzene rings is 1. The van der Waals surface area contributed by atoms with Gasteiger partial charge in [0, 0.05) is 13.0 Å². The number of nitrogens with one attached hydrogen (secondary N) is 1. The maximum atomic E-state index is 13.5. The molecule has 1 aliphatic heterocycles. The predicted octanol–water partition coefficient (Wildman–Crippen LogP) is 1.73. The topological polar surface area (TPSA) is 32.3 Å². The Hall–Kier alpha value is -0.930. The molecule has 2 rings (SSSR count). The number of piperidine rings is 1. The summed E-state index contributed by atoms with van der Waals surface area (Å²) in [5, 5.41) is 13.7. The molecule has 3 heteroatoms. The molecule has 1 aromatic carbocycles. The molecular formula is C13H18FNO. The number of rotatable bonds is 2. The first-order valence-electron chi connectivity index (χ1n) is 5.78. The Morgan fingerprint density at radius 1 is 1.50 bits per heavy atom. The van der Waals surface area contributed by atoms with Crippen LogP contribution in [0.15, 0.2) is 24.3 Å². The Balaban J connectivity index is 2.16. The van der Waals surface area contributed by atoms with E-state index in [2.05, 4.69) is 5.32 Å². The highest BCUT2D eigenvalue weighted by molar-refractivity contribution is 5.20. The average molecular weight is 223 g/mol. The first kappa shape index (κ1) is 11.6. The lowest BCUT2D eigenvalue weighted by molar-refractivity contribution is -0.0335. The molecule has 2 unspecified atom stereocenters. The van der Waals surface area contributed by atoms with Crippen LogP contribution in [0.3, 0.4) is 0 Å². The van der Waals surface area contributed by atoms with Crippen LogP contribution in [0, 0.1) is 11.7 Å². The van der Waals surface area contributed by atoms with Crippen molar-refractivity contribution in [2.45, 2.75) is 25.4 Å². The molecule has 0 spiro atoms. The van der Waals surface area contributed by atoms with Gasteiger partial charge in [-0.05, 0) is 30.5 Å². The van der Waals surface area contributed by atoms with Crippen molar-refractivity contribution in [1.82, 2.24) is 5.32 Å². The average Bonchev–Trinajstić information content (AvgIpc) is 2.26. The Morgan fingerprint density at radius 3 is 2.94 bits per heavy atom. The van der Waals surface area contributed by atoms with Gasteiger partial charge >= 0.3 is 0 Å². The van der Waals surface area contributed by atoms with Crippen molar-refractivity contribution in [3.8, 4) is 0 Å². The van der Waals surface area contributed by atoms with Gasteiger partial charge in [-0.1, -0.05) is 25.1 Å². The zero-order chi connectivity index (χ0) is 11.6. The van der Waals surface area contributed by atoms with Gasteiger partial charge in [0.2, 0.25) is 0 Å². The van der Waals surface area contributed by atoms with E-state index < -0.39 is 5.60 Å². The van der Waals surface area contributed by atoms with Gasteiger partial charge in [-0.25, -0.2) is 4.39 Å². The van der Waals surface area contributed by atoms with Gasteiger partial charge in [-0.3, -0.25) is 0 Å². The standard InChI is InChI=1S/C13H18FNO/c1-10-9-15-7-6-13(10,16)8-11-4-2-3-5-12(11)14/h2-5,10,15-16H,6-9H2,1H3. The van der Waals surface area contributed by atoms with Crippen LogP contribution in [-0.4, -0.2) is 23.8 Å². The lowest BCUT2D eigenvalue weighted by Gasteiger charge is -2.38. The molecular weight excluding hydrogens is 205 g/mol. The zero-order valence-corrected chi connectivity index (χ0v) is 9.54. The molecule has 0 aliphatic carbocycles. The molecule has 1 saturated heterocycles. The highest BCUT2D eigenvalue weighted by Gasteiger charge is 2.36. The van der Waals surface area contributed by atoms with Crippen molar-refractivity contribution < 1.29 is 9.50 Å². The van der Waals surface area contributed by atoms with Gasteiger partial charge in [-0.15, -0.1) is 0 Å². The Kier molecular flexibility index (Phi) is 3.26. The fourth-order valence-electron chi connectivity index (χ4n) is 2.29. The summed E-state index contributed by atoms with van der Waals surface area (Å²) < 4.78 is 13.5. The van der Waals surface area contributed by atoms with Crippen LogP contribution in [0.25, 0.3) is 0 Å². The summed E-state index contributed by atoms with van der Waals surface area (Å²) in [6, 6.07) is 6.69. The van der Waals surface area contributed by atoms with Crippen LogP contribution in [0.1, 0.15) is 18.9 Å². The third-order valence-corrected chi connectivity index (χ3v) is 3.56. The van der Waals surface area contributed by atoms with Gasteiger partial charge in [-0.2, -0.15) is 0 Å². The quantitative estimate of drug-likeness (QED) is 0.800. The summed E-state index contributed by atoms with van der Waals surface area (Å²) in [5.74, 6) is -0.0671. The van der Waals surface area contributed by atoms with Gasteiger partial charge in [0.15, 0.2) is 0 Å². The van der Waals surface area contributed by atoms with Crippen LogP contribution in [0.5, 0.6) is 0 Å². The highest BCUT2D eigenvalue weighted by Crippen LogP contribution is 2.28. The van der Waals surface area contributed by atoms with Crippen molar-refractivity contribution in [2.24, 2.45) is 5.92 Å². The second-order valence-electron chi connectivity index (χ2n) is 4.73. The van der Waals surface area contributed by atoms with Gasteiger partial charge < -0.3 is 10.4 Å². The molecule has 0 saturated carbocycles. The van der Waals surface area contributed by atoms with E-state index in [0.717, 1.165) is 13.1 Å². The van der Waals surface area contributed by atoms with Crippen molar-refractivity contribution in [3.05, 3.63) is 35.6 Å². The molecule has 2 N–H and O–H groups in total. The summed E-state index contributed by atoms with van der Waals surface area (Å²) in [4.78, 5) is 0. The molecule has 2 nitrogen and oxygen atoms in total. The van der Waals surface area contributed by atoms with E-state index in [9.17, 15) is 9.50 Å². The van der Waals surface area contributed by atoms with E-state index in [1.165, 1.54) is 6.07 Å². The van der Waals surface area contributed by atoms with E-state index in [4.69, 9.17) is 0 Å². The first-order chi connectivity index (χ1) is 7.62. The minimum Gasteiger partial charge on any atom is -0.389 e. The Morgan fingerprint density at radius 2 is 2.25 bits per heavy atom. The van der Waals surface area contributed by atoms with Gasteiger partial charge in [0.1, 0.15) is 5.82 Å². The molecule has 0 radical (unpaired) electrons. The fraction of sp³-hybridized carbons (Fsp3) is 0.538. The maximum absolute atomic E-state index is 13.5. The smallest absolute Gasteiger partial charge is 0.126 e. The molecule has 1 aliphatic rings. The summed E-state index contributed by atoms with van der Waals surface area (Å²) in [6.07, 6.45) is 1.09. The van der Waals surface area contributed by atoms with Crippen LogP contribution >= 0.6 is 0 Å². The van der Waals surface area contributed by atoms with Crippen LogP contribution in [0.2, 0.25) is 0 Å². The van der Waals surface area contributed by atoms with Crippen molar-refractivity contribution >= 4 is 0 Å². The molecule has 0 aromatic heterocycles. The molecule has 1 heterocycles. The van der Waals surface area contributed by atoms with E-state index >= 15 is 0 Å². The van der Waals surface area contributed by atoms with Crippen molar-refractivity contribution in [1.29, 1.82) is 0 Å². The first-order valence-corrected chi connectivity index (χ1v) is 5.78. The van der Waals surface area contributed by atoms with Crippen LogP contribution < -0.4 is 5.32 Å². The number of hydrogen-bond acceptors (Lipinski definition) is 2. The molecule has 0 bridgehead atoms. The molecule has 16 heavy (non-hydrogen) atoms. The molecule has 1 fully saturated rings. The Bertz CT molecular complexity index is 369. The summed E-state index contributed by atoms with van der Waals surface area (Å²) >= 11 is 0. The minimum absolute atomic E-state index is 0.154. The largest absolute Gasteiger partial charge is 0.389 e. The zero-order valence-electron chi connectivity index (χ0n) is 9.54. The second kappa shape index (κ2) is 4.52. The lowest BCUT2D eigenvalue weighted by Crippen LogP contribution is -2.50. The van der Waals surface area contributed by atoms with Gasteiger partial charge in [0.25, 0.3) is 0 Å². The third kappa shape index (κ3) is 2.25. The van der Waals surface area contributed by atoms with Crippen LogP contribution in [0.4, 0.5) is 4.39 Å². The van der Waals surface area contributed by atoms with Crippen LogP contribution in [-0.2, 0) is 6.42 Å². The fourth-order valence-corrected chi connectivity index (χ4v) is 2.29. The SMILES string of the molecule is CC1CNCCC1(O)Cc1ccccc1F. The number of halogens is 1. The summed E-state index contributed by atoms with van der Waals surface area (Å²) in [5.41, 5.74) is -0.160. The van der Waals surface area contributed by atoms with E-state index in [1.807, 2.05) is 13.0 Å². The van der Waals surface area contributed by atoms with E-state index in [0.29, 0.717) is 18.4 Å². The van der Waals surface area contributed by atoms with Crippen molar-refractivity contribution in [3.63, 3.8) is 0 Å². The summed E-state index contributed by atoms with van der Waals surface area (Å²) in [6.45, 7) is 3.60. The molecule has 1 aromatic rings. The second-order valence-corrected chi connectivity index (χ2v) is 4.73. The monoisotopic (exact) mass is 223 g/mol. The number of aliphatic hydroxyl groups is 1. The molecule has 2 atom stereocenters. The number of hydrogen-bond donors (Lipinski definition) is 2. The predicted molar refractivity (Wildman–Crippen MR) is 61.7 cm³/mol. The lowest BCUT2D eigenvalue weighted by atomic mass is 9.78. The van der Waals surface area contributed by atoms with Gasteiger partial charge in [0.05, 0.1) is 5.60 Å². The van der Waals surface area contributed by atoms with E-state index in [-0.39, 0.29) is 11.7 Å². The summed E-state index contributed by atoms with van der Waals surface area (Å²) in [7, 11) is 0. The third-order valence-electron chi connectivity index (χ3n) is 3.56. The van der Waals surface area contributed by atoms with E-state index in [1.54, 1.807) is 12.1 Å². The maximum Gasteiger partial charge on any atom is 0.126 e.